The molecule has 0 radical (unpaired) electrons. The largest absolute Gasteiger partial charge is 0.368 e. The third kappa shape index (κ3) is 4.01. The molecule has 1 saturated heterocycles. The SMILES string of the molecule is CCCCn1c(=O)[nH]c2c(C(=O)N3CCN(c4ccc(C)cc4C)CC3)snc2c1=O. The van der Waals surface area contributed by atoms with E-state index in [0.29, 0.717) is 24.5 Å². The van der Waals surface area contributed by atoms with Crippen molar-refractivity contribution < 1.29 is 4.79 Å². The van der Waals surface area contributed by atoms with Crippen LogP contribution < -0.4 is 16.1 Å². The molecular formula is C22H27N5O3S. The van der Waals surface area contributed by atoms with Crippen LogP contribution in [0.25, 0.3) is 11.0 Å². The van der Waals surface area contributed by atoms with Crippen LogP contribution in [0.15, 0.2) is 27.8 Å². The summed E-state index contributed by atoms with van der Waals surface area (Å²) in [5.74, 6) is -0.186. The number of hydrogen-bond donors (Lipinski definition) is 1. The molecule has 0 aliphatic carbocycles. The number of unbranched alkanes of at least 4 members (excludes halogenated alkanes) is 1. The number of amides is 1. The second kappa shape index (κ2) is 8.66. The van der Waals surface area contributed by atoms with Gasteiger partial charge in [0.15, 0.2) is 5.52 Å². The average molecular weight is 442 g/mol. The van der Waals surface area contributed by atoms with Gasteiger partial charge in [0.25, 0.3) is 11.5 Å². The van der Waals surface area contributed by atoms with Crippen LogP contribution in [0.3, 0.4) is 0 Å². The number of piperazine rings is 1. The number of carbonyl (C=O) groups is 1. The zero-order valence-electron chi connectivity index (χ0n) is 18.1. The Kier molecular flexibility index (Phi) is 5.95. The van der Waals surface area contributed by atoms with E-state index in [0.717, 1.165) is 37.5 Å². The first kappa shape index (κ1) is 21.3. The number of benzene rings is 1. The molecule has 164 valence electrons. The fourth-order valence-corrected chi connectivity index (χ4v) is 4.86. The monoisotopic (exact) mass is 441 g/mol. The highest BCUT2D eigenvalue weighted by Gasteiger charge is 2.27. The molecule has 2 aromatic heterocycles. The van der Waals surface area contributed by atoms with Crippen molar-refractivity contribution >= 4 is 34.2 Å². The van der Waals surface area contributed by atoms with Crippen molar-refractivity contribution in [2.45, 2.75) is 40.2 Å². The van der Waals surface area contributed by atoms with Crippen LogP contribution in [0.4, 0.5) is 5.69 Å². The van der Waals surface area contributed by atoms with Gasteiger partial charge in [-0.15, -0.1) is 0 Å². The van der Waals surface area contributed by atoms with Crippen LogP contribution in [0.1, 0.15) is 40.6 Å². The molecule has 0 saturated carbocycles. The minimum atomic E-state index is -0.486. The lowest BCUT2D eigenvalue weighted by molar-refractivity contribution is 0.0753. The number of nitrogens with zero attached hydrogens (tertiary/aromatic N) is 4. The van der Waals surface area contributed by atoms with Crippen molar-refractivity contribution in [1.29, 1.82) is 0 Å². The summed E-state index contributed by atoms with van der Waals surface area (Å²) < 4.78 is 5.38. The number of aromatic nitrogens is 3. The van der Waals surface area contributed by atoms with Crippen molar-refractivity contribution in [2.24, 2.45) is 0 Å². The van der Waals surface area contributed by atoms with Gasteiger partial charge in [0, 0.05) is 38.4 Å². The highest BCUT2D eigenvalue weighted by Crippen LogP contribution is 2.24. The summed E-state index contributed by atoms with van der Waals surface area (Å²) >= 11 is 0.983. The van der Waals surface area contributed by atoms with Gasteiger partial charge in [-0.1, -0.05) is 31.0 Å². The number of fused-ring (bicyclic) bond motifs is 1. The van der Waals surface area contributed by atoms with Gasteiger partial charge < -0.3 is 14.8 Å². The third-order valence-electron chi connectivity index (χ3n) is 5.81. The molecule has 1 aromatic carbocycles. The van der Waals surface area contributed by atoms with Gasteiger partial charge in [-0.3, -0.25) is 14.2 Å². The summed E-state index contributed by atoms with van der Waals surface area (Å²) in [5, 5.41) is 0. The number of rotatable bonds is 5. The van der Waals surface area contributed by atoms with E-state index in [1.165, 1.54) is 21.4 Å². The first-order valence-electron chi connectivity index (χ1n) is 10.6. The van der Waals surface area contributed by atoms with Crippen LogP contribution in [0, 0.1) is 13.8 Å². The Hall–Kier alpha value is -2.94. The van der Waals surface area contributed by atoms with Crippen molar-refractivity contribution in [2.75, 3.05) is 31.1 Å². The maximum atomic E-state index is 13.2. The fourth-order valence-electron chi connectivity index (χ4n) is 4.07. The molecule has 1 fully saturated rings. The summed E-state index contributed by atoms with van der Waals surface area (Å²) in [6.45, 7) is 9.13. The van der Waals surface area contributed by atoms with Gasteiger partial charge >= 0.3 is 5.69 Å². The summed E-state index contributed by atoms with van der Waals surface area (Å²) in [4.78, 5) is 45.4. The Bertz CT molecular complexity index is 1230. The highest BCUT2D eigenvalue weighted by molar-refractivity contribution is 7.09. The maximum absolute atomic E-state index is 13.2. The zero-order valence-corrected chi connectivity index (χ0v) is 18.9. The normalized spacial score (nSPS) is 14.4. The van der Waals surface area contributed by atoms with Crippen LogP contribution >= 0.6 is 11.5 Å². The third-order valence-corrected chi connectivity index (χ3v) is 6.64. The van der Waals surface area contributed by atoms with E-state index in [1.807, 2.05) is 6.92 Å². The molecule has 1 aliphatic rings. The van der Waals surface area contributed by atoms with E-state index in [2.05, 4.69) is 46.3 Å². The summed E-state index contributed by atoms with van der Waals surface area (Å²) in [5.41, 5.74) is 3.16. The topological polar surface area (TPSA) is 91.3 Å². The molecule has 0 spiro atoms. The predicted octanol–water partition coefficient (Wildman–Crippen LogP) is 2.53. The quantitative estimate of drug-likeness (QED) is 0.657. The van der Waals surface area contributed by atoms with E-state index in [1.54, 1.807) is 4.90 Å². The smallest absolute Gasteiger partial charge is 0.328 e. The van der Waals surface area contributed by atoms with Crippen molar-refractivity contribution in [3.8, 4) is 0 Å². The molecule has 0 atom stereocenters. The van der Waals surface area contributed by atoms with Gasteiger partial charge in [0.05, 0.1) is 5.52 Å². The lowest BCUT2D eigenvalue weighted by Gasteiger charge is -2.36. The molecule has 1 N–H and O–H groups in total. The number of aryl methyl sites for hydroxylation is 2. The van der Waals surface area contributed by atoms with Crippen molar-refractivity contribution in [3.63, 3.8) is 0 Å². The Labute approximate surface area is 184 Å². The molecule has 3 aromatic rings. The highest BCUT2D eigenvalue weighted by atomic mass is 32.1. The van der Waals surface area contributed by atoms with Crippen LogP contribution in [-0.2, 0) is 6.54 Å². The predicted molar refractivity (Wildman–Crippen MR) is 123 cm³/mol. The molecule has 1 aliphatic heterocycles. The molecule has 31 heavy (non-hydrogen) atoms. The Morgan fingerprint density at radius 1 is 1.16 bits per heavy atom. The maximum Gasteiger partial charge on any atom is 0.328 e. The van der Waals surface area contributed by atoms with Crippen LogP contribution in [0.5, 0.6) is 0 Å². The van der Waals surface area contributed by atoms with E-state index in [-0.39, 0.29) is 16.9 Å². The second-order valence-corrected chi connectivity index (χ2v) is 8.82. The Balaban J connectivity index is 1.54. The average Bonchev–Trinajstić information content (AvgIpc) is 3.17. The molecule has 4 rings (SSSR count). The van der Waals surface area contributed by atoms with E-state index >= 15 is 0 Å². The molecule has 8 nitrogen and oxygen atoms in total. The summed E-state index contributed by atoms with van der Waals surface area (Å²) in [6, 6.07) is 6.40. The molecule has 1 amide bonds. The van der Waals surface area contributed by atoms with Gasteiger partial charge in [-0.05, 0) is 43.4 Å². The van der Waals surface area contributed by atoms with Gasteiger partial charge in [0.1, 0.15) is 4.88 Å². The van der Waals surface area contributed by atoms with E-state index in [4.69, 9.17) is 0 Å². The number of aromatic amines is 1. The minimum absolute atomic E-state index is 0.165. The standard InChI is InChI=1S/C22H27N5O3S/c1-4-5-8-27-20(28)18-17(23-22(27)30)19(31-24-18)21(29)26-11-9-25(10-12-26)16-7-6-14(2)13-15(16)3/h6-7,13H,4-5,8-12H2,1-3H3,(H,23,30). The zero-order chi connectivity index (χ0) is 22.1. The van der Waals surface area contributed by atoms with Crippen LogP contribution in [-0.4, -0.2) is 50.9 Å². The van der Waals surface area contributed by atoms with Crippen LogP contribution in [0.2, 0.25) is 0 Å². The summed E-state index contributed by atoms with van der Waals surface area (Å²) in [6.07, 6.45) is 1.61. The molecular weight excluding hydrogens is 414 g/mol. The number of hydrogen-bond acceptors (Lipinski definition) is 6. The van der Waals surface area contributed by atoms with Gasteiger partial charge in [-0.2, -0.15) is 4.37 Å². The molecule has 3 heterocycles. The second-order valence-electron chi connectivity index (χ2n) is 8.04. The summed E-state index contributed by atoms with van der Waals surface area (Å²) in [7, 11) is 0. The number of H-pyrrole nitrogens is 1. The molecule has 0 unspecified atom stereocenters. The Morgan fingerprint density at radius 2 is 1.90 bits per heavy atom. The molecule has 9 heteroatoms. The van der Waals surface area contributed by atoms with Crippen molar-refractivity contribution in [3.05, 3.63) is 55.0 Å². The van der Waals surface area contributed by atoms with E-state index < -0.39 is 11.2 Å². The molecule has 0 bridgehead atoms. The Morgan fingerprint density at radius 3 is 2.58 bits per heavy atom. The first-order valence-corrected chi connectivity index (χ1v) is 11.4. The van der Waals surface area contributed by atoms with Gasteiger partial charge in [0.2, 0.25) is 0 Å². The lowest BCUT2D eigenvalue weighted by Crippen LogP contribution is -2.49. The minimum Gasteiger partial charge on any atom is -0.368 e. The van der Waals surface area contributed by atoms with Gasteiger partial charge in [-0.25, -0.2) is 4.79 Å². The van der Waals surface area contributed by atoms with E-state index in [9.17, 15) is 14.4 Å². The first-order chi connectivity index (χ1) is 14.9. The number of nitrogens with one attached hydrogen (secondary N) is 1. The lowest BCUT2D eigenvalue weighted by atomic mass is 10.1. The number of anilines is 1. The number of carbonyl (C=O) groups excluding carboxylic acids is 1. The van der Waals surface area contributed by atoms with Crippen molar-refractivity contribution in [1.82, 2.24) is 18.8 Å². The fraction of sp³-hybridized carbons (Fsp3) is 0.455.